The molecule has 1 saturated carbocycles. The summed E-state index contributed by atoms with van der Waals surface area (Å²) < 4.78 is 54.0. The van der Waals surface area contributed by atoms with E-state index in [-0.39, 0.29) is 18.2 Å². The van der Waals surface area contributed by atoms with Crippen LogP contribution in [0.25, 0.3) is 0 Å². The van der Waals surface area contributed by atoms with Gasteiger partial charge in [0, 0.05) is 12.2 Å². The van der Waals surface area contributed by atoms with E-state index in [1.807, 2.05) is 0 Å². The van der Waals surface area contributed by atoms with E-state index < -0.39 is 26.6 Å². The van der Waals surface area contributed by atoms with Gasteiger partial charge in [0.2, 0.25) is 10.0 Å². The highest BCUT2D eigenvalue weighted by Gasteiger charge is 2.27. The molecule has 2 rings (SSSR count). The zero-order valence-electron chi connectivity index (χ0n) is 11.9. The van der Waals surface area contributed by atoms with Crippen molar-refractivity contribution < 1.29 is 17.2 Å². The molecule has 4 nitrogen and oxygen atoms in total. The molecule has 2 atom stereocenters. The summed E-state index contributed by atoms with van der Waals surface area (Å²) in [5.41, 5.74) is 5.14. The quantitative estimate of drug-likeness (QED) is 0.838. The first-order valence-electron chi connectivity index (χ1n) is 7.05. The van der Waals surface area contributed by atoms with E-state index >= 15 is 0 Å². The summed E-state index contributed by atoms with van der Waals surface area (Å²) in [6, 6.07) is 1.61. The Morgan fingerprint density at radius 1 is 1.24 bits per heavy atom. The fourth-order valence-electron chi connectivity index (χ4n) is 2.82. The van der Waals surface area contributed by atoms with Crippen LogP contribution in [-0.4, -0.2) is 15.0 Å². The number of hydrogen-bond acceptors (Lipinski definition) is 3. The van der Waals surface area contributed by atoms with Crippen molar-refractivity contribution in [1.82, 2.24) is 4.72 Å². The van der Waals surface area contributed by atoms with Crippen molar-refractivity contribution in [3.8, 4) is 0 Å². The van der Waals surface area contributed by atoms with Crippen molar-refractivity contribution in [1.29, 1.82) is 0 Å². The number of rotatable bonds is 4. The van der Waals surface area contributed by atoms with E-state index in [1.165, 1.54) is 0 Å². The van der Waals surface area contributed by atoms with E-state index in [0.717, 1.165) is 37.8 Å². The Bertz CT molecular complexity index is 596. The highest BCUT2D eigenvalue weighted by Crippen LogP contribution is 2.29. The van der Waals surface area contributed by atoms with Gasteiger partial charge in [-0.05, 0) is 30.4 Å². The highest BCUT2D eigenvalue weighted by atomic mass is 32.2. The van der Waals surface area contributed by atoms with Gasteiger partial charge in [0.05, 0.1) is 0 Å². The molecule has 1 aromatic rings. The zero-order chi connectivity index (χ0) is 15.6. The molecule has 1 fully saturated rings. The van der Waals surface area contributed by atoms with Crippen molar-refractivity contribution in [2.45, 2.75) is 37.5 Å². The summed E-state index contributed by atoms with van der Waals surface area (Å²) in [4.78, 5) is -0.958. The molecule has 0 aliphatic heterocycles. The van der Waals surface area contributed by atoms with Gasteiger partial charge in [0.1, 0.15) is 11.6 Å². The first kappa shape index (κ1) is 16.2. The fourth-order valence-corrected chi connectivity index (χ4v) is 4.03. The van der Waals surface area contributed by atoms with Gasteiger partial charge in [-0.15, -0.1) is 0 Å². The number of benzene rings is 1. The van der Waals surface area contributed by atoms with Crippen molar-refractivity contribution in [3.63, 3.8) is 0 Å². The van der Waals surface area contributed by atoms with Crippen LogP contribution in [0.15, 0.2) is 17.0 Å². The molecule has 0 aromatic heterocycles. The first-order chi connectivity index (χ1) is 9.81. The van der Waals surface area contributed by atoms with Gasteiger partial charge in [-0.25, -0.2) is 21.9 Å². The van der Waals surface area contributed by atoms with Crippen LogP contribution >= 0.6 is 0 Å². The Morgan fingerprint density at radius 2 is 1.81 bits per heavy atom. The molecule has 0 bridgehead atoms. The molecule has 7 heteroatoms. The maximum absolute atomic E-state index is 13.7. The Labute approximate surface area is 123 Å². The molecular formula is C14H20F2N2O2S. The molecular weight excluding hydrogens is 298 g/mol. The van der Waals surface area contributed by atoms with Crippen LogP contribution in [0.3, 0.4) is 0 Å². The third-order valence-electron chi connectivity index (χ3n) is 4.11. The van der Waals surface area contributed by atoms with Gasteiger partial charge in [0.15, 0.2) is 4.90 Å². The Kier molecular flexibility index (Phi) is 4.83. The Balaban J connectivity index is 2.15. The maximum atomic E-state index is 13.7. The second-order valence-electron chi connectivity index (χ2n) is 5.69. The van der Waals surface area contributed by atoms with Gasteiger partial charge in [-0.2, -0.15) is 0 Å². The average molecular weight is 318 g/mol. The predicted molar refractivity (Wildman–Crippen MR) is 77.1 cm³/mol. The molecule has 1 aliphatic carbocycles. The van der Waals surface area contributed by atoms with E-state index in [4.69, 9.17) is 5.73 Å². The summed E-state index contributed by atoms with van der Waals surface area (Å²) >= 11 is 0. The van der Waals surface area contributed by atoms with Gasteiger partial charge >= 0.3 is 0 Å². The van der Waals surface area contributed by atoms with Crippen LogP contribution in [0, 0.1) is 23.5 Å². The predicted octanol–water partition coefficient (Wildman–Crippen LogP) is 2.65. The lowest BCUT2D eigenvalue weighted by Gasteiger charge is -2.28. The minimum absolute atomic E-state index is 0.148. The molecule has 0 radical (unpaired) electrons. The fraction of sp³-hybridized carbons (Fsp3) is 0.571. The summed E-state index contributed by atoms with van der Waals surface area (Å²) in [7, 11) is -4.22. The molecule has 0 heterocycles. The number of nitrogens with two attached hydrogens (primary N) is 1. The van der Waals surface area contributed by atoms with Crippen molar-refractivity contribution in [2.75, 3.05) is 12.3 Å². The minimum Gasteiger partial charge on any atom is -0.399 e. The summed E-state index contributed by atoms with van der Waals surface area (Å²) in [6.07, 6.45) is 4.18. The zero-order valence-corrected chi connectivity index (χ0v) is 12.7. The van der Waals surface area contributed by atoms with Crippen molar-refractivity contribution in [3.05, 3.63) is 23.8 Å². The lowest BCUT2D eigenvalue weighted by atomic mass is 9.81. The second-order valence-corrected chi connectivity index (χ2v) is 7.39. The minimum atomic E-state index is -4.22. The standard InChI is InChI=1S/C14H20F2N2O2S/c1-9-4-2-3-5-10(9)8-18-21(19,20)14-12(15)6-11(17)7-13(14)16/h6-7,9-10,18H,2-5,8,17H2,1H3. The van der Waals surface area contributed by atoms with E-state index in [0.29, 0.717) is 5.92 Å². The van der Waals surface area contributed by atoms with Crippen molar-refractivity contribution in [2.24, 2.45) is 11.8 Å². The van der Waals surface area contributed by atoms with Crippen LogP contribution in [0.5, 0.6) is 0 Å². The number of hydrogen-bond donors (Lipinski definition) is 2. The third kappa shape index (κ3) is 3.71. The van der Waals surface area contributed by atoms with E-state index in [2.05, 4.69) is 11.6 Å². The average Bonchev–Trinajstić information content (AvgIpc) is 2.36. The first-order valence-corrected chi connectivity index (χ1v) is 8.54. The molecule has 3 N–H and O–H groups in total. The molecule has 0 amide bonds. The SMILES string of the molecule is CC1CCCCC1CNS(=O)(=O)c1c(F)cc(N)cc1F. The molecule has 2 unspecified atom stereocenters. The number of halogens is 2. The molecule has 0 saturated heterocycles. The topological polar surface area (TPSA) is 72.2 Å². The Hall–Kier alpha value is -1.21. The lowest BCUT2D eigenvalue weighted by Crippen LogP contribution is -2.34. The molecule has 118 valence electrons. The lowest BCUT2D eigenvalue weighted by molar-refractivity contribution is 0.257. The number of anilines is 1. The summed E-state index contributed by atoms with van der Waals surface area (Å²) in [5.74, 6) is -1.73. The molecule has 1 aliphatic rings. The number of nitrogens with one attached hydrogen (secondary N) is 1. The van der Waals surface area contributed by atoms with Crippen LogP contribution in [0.1, 0.15) is 32.6 Å². The van der Waals surface area contributed by atoms with E-state index in [1.54, 1.807) is 0 Å². The van der Waals surface area contributed by atoms with Crippen LogP contribution < -0.4 is 10.5 Å². The van der Waals surface area contributed by atoms with Gasteiger partial charge in [-0.1, -0.05) is 26.2 Å². The normalized spacial score (nSPS) is 23.2. The number of nitrogen functional groups attached to an aromatic ring is 1. The molecule has 1 aromatic carbocycles. The number of sulfonamides is 1. The van der Waals surface area contributed by atoms with Gasteiger partial charge in [0.25, 0.3) is 0 Å². The Morgan fingerprint density at radius 3 is 2.38 bits per heavy atom. The summed E-state index contributed by atoms with van der Waals surface area (Å²) in [5, 5.41) is 0. The third-order valence-corrected chi connectivity index (χ3v) is 5.59. The van der Waals surface area contributed by atoms with Gasteiger partial charge < -0.3 is 5.73 Å². The smallest absolute Gasteiger partial charge is 0.246 e. The van der Waals surface area contributed by atoms with Crippen molar-refractivity contribution >= 4 is 15.7 Å². The largest absolute Gasteiger partial charge is 0.399 e. The summed E-state index contributed by atoms with van der Waals surface area (Å²) in [6.45, 7) is 2.27. The highest BCUT2D eigenvalue weighted by molar-refractivity contribution is 7.89. The monoisotopic (exact) mass is 318 g/mol. The van der Waals surface area contributed by atoms with Crippen LogP contribution in [0.2, 0.25) is 0 Å². The van der Waals surface area contributed by atoms with Crippen LogP contribution in [-0.2, 0) is 10.0 Å². The van der Waals surface area contributed by atoms with Crippen LogP contribution in [0.4, 0.5) is 14.5 Å². The van der Waals surface area contributed by atoms with Gasteiger partial charge in [-0.3, -0.25) is 0 Å². The molecule has 21 heavy (non-hydrogen) atoms. The second kappa shape index (κ2) is 6.27. The van der Waals surface area contributed by atoms with E-state index in [9.17, 15) is 17.2 Å². The maximum Gasteiger partial charge on any atom is 0.246 e. The molecule has 0 spiro atoms.